The fraction of sp³-hybridized carbons (Fsp3) is 0.368. The summed E-state index contributed by atoms with van der Waals surface area (Å²) in [6, 6.07) is 5.72. The number of anilines is 2. The number of aromatic nitrogens is 5. The summed E-state index contributed by atoms with van der Waals surface area (Å²) in [5.74, 6) is -0.229. The Hall–Kier alpha value is -3.14. The summed E-state index contributed by atoms with van der Waals surface area (Å²) in [7, 11) is 1.75. The molecule has 0 bridgehead atoms. The van der Waals surface area contributed by atoms with Crippen LogP contribution in [0.15, 0.2) is 24.4 Å². The Morgan fingerprint density at radius 3 is 2.79 bits per heavy atom. The molecule has 0 aromatic carbocycles. The van der Waals surface area contributed by atoms with Gasteiger partial charge in [-0.3, -0.25) is 4.98 Å². The molecule has 3 aromatic heterocycles. The predicted octanol–water partition coefficient (Wildman–Crippen LogP) is 2.99. The van der Waals surface area contributed by atoms with Gasteiger partial charge >= 0.3 is 5.97 Å². The number of hydrogen-bond acceptors (Lipinski definition) is 9. The summed E-state index contributed by atoms with van der Waals surface area (Å²) in [6.07, 6.45) is 2.86. The van der Waals surface area contributed by atoms with Gasteiger partial charge in [0.2, 0.25) is 16.8 Å². The van der Waals surface area contributed by atoms with Crippen molar-refractivity contribution < 1.29 is 14.6 Å². The van der Waals surface area contributed by atoms with E-state index in [1.54, 1.807) is 18.0 Å². The normalized spacial score (nSPS) is 17.8. The standard InChI is InChI=1S/C19H20N6O3S/c1-10-4-5-14(20-8-10)13-6-12(13)9-28-16-7-15(21-17(22-16)18(26)27)25(3)19-24-23-11(2)29-19/h4-5,7-8,12-13H,6,9H2,1-3H3,(H,26,27)/t12-,13+/m0/s1. The van der Waals surface area contributed by atoms with Gasteiger partial charge in [0.25, 0.3) is 0 Å². The Bertz CT molecular complexity index is 1040. The SMILES string of the molecule is Cc1ccc([C@@H]2C[C@H]2COc2cc(N(C)c3nnc(C)s3)nc(C(=O)O)n2)nc1. The zero-order valence-electron chi connectivity index (χ0n) is 16.2. The van der Waals surface area contributed by atoms with E-state index in [0.717, 1.165) is 22.7 Å². The highest BCUT2D eigenvalue weighted by molar-refractivity contribution is 7.15. The highest BCUT2D eigenvalue weighted by atomic mass is 32.1. The monoisotopic (exact) mass is 412 g/mol. The maximum Gasteiger partial charge on any atom is 0.374 e. The molecule has 2 atom stereocenters. The van der Waals surface area contributed by atoms with Crippen molar-refractivity contribution in [1.29, 1.82) is 0 Å². The first kappa shape index (κ1) is 19.2. The molecule has 29 heavy (non-hydrogen) atoms. The number of hydrogen-bond donors (Lipinski definition) is 1. The number of pyridine rings is 1. The van der Waals surface area contributed by atoms with E-state index in [0.29, 0.717) is 29.4 Å². The van der Waals surface area contributed by atoms with Crippen LogP contribution in [0.2, 0.25) is 0 Å². The molecule has 0 amide bonds. The number of carbonyl (C=O) groups is 1. The highest BCUT2D eigenvalue weighted by Gasteiger charge is 2.40. The minimum absolute atomic E-state index is 0.225. The van der Waals surface area contributed by atoms with Crippen molar-refractivity contribution in [3.8, 4) is 5.88 Å². The fourth-order valence-corrected chi connectivity index (χ4v) is 3.62. The third kappa shape index (κ3) is 4.32. The summed E-state index contributed by atoms with van der Waals surface area (Å²) < 4.78 is 5.83. The molecule has 9 nitrogen and oxygen atoms in total. The summed E-state index contributed by atoms with van der Waals surface area (Å²) in [6.45, 7) is 4.30. The minimum atomic E-state index is -1.22. The maximum absolute atomic E-state index is 11.5. The predicted molar refractivity (Wildman–Crippen MR) is 107 cm³/mol. The quantitative estimate of drug-likeness (QED) is 0.625. The molecule has 1 aliphatic carbocycles. The van der Waals surface area contributed by atoms with E-state index in [4.69, 9.17) is 4.74 Å². The number of carboxylic acids is 1. The smallest absolute Gasteiger partial charge is 0.374 e. The van der Waals surface area contributed by atoms with Gasteiger partial charge in [-0.2, -0.15) is 4.98 Å². The number of carboxylic acid groups (broad SMARTS) is 1. The molecule has 0 spiro atoms. The molecule has 0 radical (unpaired) electrons. The maximum atomic E-state index is 11.5. The molecule has 150 valence electrons. The van der Waals surface area contributed by atoms with Crippen LogP contribution in [0.4, 0.5) is 10.9 Å². The topological polar surface area (TPSA) is 114 Å². The van der Waals surface area contributed by atoms with E-state index < -0.39 is 5.97 Å². The lowest BCUT2D eigenvalue weighted by atomic mass is 10.2. The average Bonchev–Trinajstić information content (AvgIpc) is 3.36. The van der Waals surface area contributed by atoms with Gasteiger partial charge in [-0.05, 0) is 31.9 Å². The van der Waals surface area contributed by atoms with Crippen LogP contribution in [0.3, 0.4) is 0 Å². The Labute approximate surface area is 171 Å². The van der Waals surface area contributed by atoms with Gasteiger partial charge in [0.15, 0.2) is 0 Å². The molecule has 0 aliphatic heterocycles. The number of nitrogens with zero attached hydrogens (tertiary/aromatic N) is 6. The molecule has 1 fully saturated rings. The van der Waals surface area contributed by atoms with E-state index in [1.807, 2.05) is 26.1 Å². The first-order valence-electron chi connectivity index (χ1n) is 9.12. The molecule has 4 rings (SSSR count). The lowest BCUT2D eigenvalue weighted by molar-refractivity contribution is 0.0682. The molecular weight excluding hydrogens is 392 g/mol. The van der Waals surface area contributed by atoms with Gasteiger partial charge in [0.05, 0.1) is 6.61 Å². The average molecular weight is 412 g/mol. The Kier molecular flexibility index (Phi) is 5.10. The molecule has 1 aliphatic rings. The second kappa shape index (κ2) is 7.70. The van der Waals surface area contributed by atoms with Crippen molar-refractivity contribution in [2.24, 2.45) is 5.92 Å². The van der Waals surface area contributed by atoms with Crippen molar-refractivity contribution in [2.75, 3.05) is 18.6 Å². The molecular formula is C19H20N6O3S. The number of ether oxygens (including phenoxy) is 1. The van der Waals surface area contributed by atoms with Crippen LogP contribution >= 0.6 is 11.3 Å². The van der Waals surface area contributed by atoms with E-state index >= 15 is 0 Å². The van der Waals surface area contributed by atoms with Crippen molar-refractivity contribution in [3.63, 3.8) is 0 Å². The van der Waals surface area contributed by atoms with Crippen molar-refractivity contribution in [2.45, 2.75) is 26.2 Å². The Morgan fingerprint density at radius 1 is 1.31 bits per heavy atom. The van der Waals surface area contributed by atoms with Gasteiger partial charge < -0.3 is 14.7 Å². The Balaban J connectivity index is 1.48. The second-order valence-corrected chi connectivity index (χ2v) is 8.19. The van der Waals surface area contributed by atoms with E-state index in [9.17, 15) is 9.90 Å². The molecule has 1 N–H and O–H groups in total. The number of aromatic carboxylic acids is 1. The second-order valence-electron chi connectivity index (χ2n) is 7.03. The van der Waals surface area contributed by atoms with E-state index in [-0.39, 0.29) is 11.7 Å². The van der Waals surface area contributed by atoms with Crippen molar-refractivity contribution in [1.82, 2.24) is 25.1 Å². The third-order valence-corrected chi connectivity index (χ3v) is 5.62. The summed E-state index contributed by atoms with van der Waals surface area (Å²) >= 11 is 1.39. The molecule has 0 unspecified atom stereocenters. The van der Waals surface area contributed by atoms with Crippen molar-refractivity contribution in [3.05, 3.63) is 46.5 Å². The lowest BCUT2D eigenvalue weighted by Crippen LogP contribution is -2.16. The van der Waals surface area contributed by atoms with Crippen LogP contribution < -0.4 is 9.64 Å². The van der Waals surface area contributed by atoms with Gasteiger partial charge in [0, 0.05) is 36.8 Å². The first-order valence-corrected chi connectivity index (χ1v) is 9.94. The zero-order chi connectivity index (χ0) is 20.5. The summed E-state index contributed by atoms with van der Waals surface area (Å²) in [4.78, 5) is 25.7. The van der Waals surface area contributed by atoms with Crippen LogP contribution in [-0.4, -0.2) is 49.9 Å². The van der Waals surface area contributed by atoms with Gasteiger partial charge in [0.1, 0.15) is 10.8 Å². The van der Waals surface area contributed by atoms with Crippen LogP contribution in [0.5, 0.6) is 5.88 Å². The molecule has 0 saturated heterocycles. The van der Waals surface area contributed by atoms with Crippen LogP contribution in [0.1, 0.15) is 39.2 Å². The molecule has 3 aromatic rings. The van der Waals surface area contributed by atoms with Crippen LogP contribution in [0, 0.1) is 19.8 Å². The van der Waals surface area contributed by atoms with Crippen LogP contribution in [-0.2, 0) is 0 Å². The first-order chi connectivity index (χ1) is 13.9. The van der Waals surface area contributed by atoms with Crippen LogP contribution in [0.25, 0.3) is 0 Å². The highest BCUT2D eigenvalue weighted by Crippen LogP contribution is 2.46. The number of aryl methyl sites for hydroxylation is 2. The lowest BCUT2D eigenvalue weighted by Gasteiger charge is -2.15. The molecule has 3 heterocycles. The summed E-state index contributed by atoms with van der Waals surface area (Å²) in [5, 5.41) is 18.8. The zero-order valence-corrected chi connectivity index (χ0v) is 17.1. The van der Waals surface area contributed by atoms with E-state index in [1.165, 1.54) is 11.3 Å². The minimum Gasteiger partial charge on any atom is -0.477 e. The largest absolute Gasteiger partial charge is 0.477 e. The fourth-order valence-electron chi connectivity index (χ4n) is 2.96. The number of rotatable bonds is 7. The van der Waals surface area contributed by atoms with Gasteiger partial charge in [-0.1, -0.05) is 17.4 Å². The molecule has 10 heteroatoms. The van der Waals surface area contributed by atoms with E-state index in [2.05, 4.69) is 31.2 Å². The van der Waals surface area contributed by atoms with Gasteiger partial charge in [-0.15, -0.1) is 10.2 Å². The van der Waals surface area contributed by atoms with Gasteiger partial charge in [-0.25, -0.2) is 9.78 Å². The molecule has 1 saturated carbocycles. The summed E-state index contributed by atoms with van der Waals surface area (Å²) in [5.41, 5.74) is 2.19. The third-order valence-electron chi connectivity index (χ3n) is 4.71. The van der Waals surface area contributed by atoms with Crippen molar-refractivity contribution >= 4 is 28.3 Å². The Morgan fingerprint density at radius 2 is 2.14 bits per heavy atom.